The highest BCUT2D eigenvalue weighted by molar-refractivity contribution is 7.92. The average Bonchev–Trinajstić information content (AvgIpc) is 1.63. The van der Waals surface area contributed by atoms with Crippen molar-refractivity contribution in [3.8, 4) is 0 Å². The highest BCUT2D eigenvalue weighted by Crippen LogP contribution is 2.11. The summed E-state index contributed by atoms with van der Waals surface area (Å²) in [5.41, 5.74) is 0.339. The normalized spacial score (nSPS) is 12.0. The molecule has 0 aliphatic heterocycles. The maximum absolute atomic E-state index is 4.74. The molecule has 0 amide bonds. The van der Waals surface area contributed by atoms with Gasteiger partial charge in [-0.25, -0.2) is 4.72 Å². The number of rotatable bonds is 3. The van der Waals surface area contributed by atoms with Gasteiger partial charge in [-0.15, -0.1) is 0 Å². The van der Waals surface area contributed by atoms with E-state index in [2.05, 4.69) is 25.5 Å². The summed E-state index contributed by atoms with van der Waals surface area (Å²) in [6, 6.07) is 0. The zero-order chi connectivity index (χ0) is 7.33. The van der Waals surface area contributed by atoms with Crippen molar-refractivity contribution in [3.05, 3.63) is 0 Å². The summed E-state index contributed by atoms with van der Waals surface area (Å²) in [6.07, 6.45) is 0. The fourth-order valence-electron chi connectivity index (χ4n) is 0.305. The third-order valence-electron chi connectivity index (χ3n) is 0.745. The molecule has 0 aromatic heterocycles. The van der Waals surface area contributed by atoms with Crippen LogP contribution in [0.2, 0.25) is 0 Å². The van der Waals surface area contributed by atoms with E-state index in [0.29, 0.717) is 5.41 Å². The molecule has 1 N–H and O–H groups in total. The van der Waals surface area contributed by atoms with Gasteiger partial charge >= 0.3 is 0 Å². The van der Waals surface area contributed by atoms with Gasteiger partial charge < -0.3 is 4.18 Å². The summed E-state index contributed by atoms with van der Waals surface area (Å²) in [7, 11) is 1.65. The Hall–Kier alpha value is 0.270. The Labute approximate surface area is 61.7 Å². The first-order valence-electron chi connectivity index (χ1n) is 2.99. The average molecular weight is 149 g/mol. The molecule has 0 rings (SSSR count). The summed E-state index contributed by atoms with van der Waals surface area (Å²) in [5.74, 6) is 0. The van der Waals surface area contributed by atoms with E-state index < -0.39 is 0 Å². The van der Waals surface area contributed by atoms with Crippen molar-refractivity contribution >= 4 is 12.2 Å². The minimum absolute atomic E-state index is 0.339. The van der Waals surface area contributed by atoms with Crippen LogP contribution in [-0.4, -0.2) is 13.7 Å². The minimum Gasteiger partial charge on any atom is -0.305 e. The molecule has 0 aromatic rings. The van der Waals surface area contributed by atoms with E-state index in [-0.39, 0.29) is 0 Å². The topological polar surface area (TPSA) is 21.3 Å². The highest BCUT2D eigenvalue weighted by atomic mass is 32.2. The monoisotopic (exact) mass is 149 g/mol. The Morgan fingerprint density at radius 2 is 2.00 bits per heavy atom. The Balaban J connectivity index is 3.07. The molecule has 0 aliphatic rings. The Morgan fingerprint density at radius 1 is 1.44 bits per heavy atom. The van der Waals surface area contributed by atoms with E-state index in [4.69, 9.17) is 4.18 Å². The van der Waals surface area contributed by atoms with Crippen LogP contribution in [0.3, 0.4) is 0 Å². The zero-order valence-corrected chi connectivity index (χ0v) is 7.34. The third kappa shape index (κ3) is 8.27. The second-order valence-electron chi connectivity index (χ2n) is 3.13. The predicted molar refractivity (Wildman–Crippen MR) is 42.1 cm³/mol. The first-order chi connectivity index (χ1) is 4.06. The SMILES string of the molecule is COSNCC(C)(C)C. The predicted octanol–water partition coefficient (Wildman–Crippen LogP) is 1.83. The van der Waals surface area contributed by atoms with E-state index in [1.165, 1.54) is 12.2 Å². The second kappa shape index (κ2) is 4.14. The summed E-state index contributed by atoms with van der Waals surface area (Å²) in [5, 5.41) is 0. The largest absolute Gasteiger partial charge is 0.305 e. The van der Waals surface area contributed by atoms with Crippen LogP contribution in [-0.2, 0) is 4.18 Å². The molecule has 0 spiro atoms. The lowest BCUT2D eigenvalue weighted by molar-refractivity contribution is 0.405. The Kier molecular flexibility index (Phi) is 4.27. The van der Waals surface area contributed by atoms with Crippen LogP contribution >= 0.6 is 12.2 Å². The summed E-state index contributed by atoms with van der Waals surface area (Å²) in [6.45, 7) is 7.49. The molecular formula is C6H15NOS. The van der Waals surface area contributed by atoms with Crippen LogP contribution < -0.4 is 4.72 Å². The van der Waals surface area contributed by atoms with E-state index in [9.17, 15) is 0 Å². The summed E-state index contributed by atoms with van der Waals surface area (Å²) < 4.78 is 7.81. The Bertz CT molecular complexity index is 69.9. The molecule has 0 radical (unpaired) electrons. The zero-order valence-electron chi connectivity index (χ0n) is 6.52. The Morgan fingerprint density at radius 3 is 2.33 bits per heavy atom. The molecule has 0 atom stereocenters. The first-order valence-corrected chi connectivity index (χ1v) is 3.73. The van der Waals surface area contributed by atoms with E-state index in [1.54, 1.807) is 7.11 Å². The molecule has 0 heterocycles. The summed E-state index contributed by atoms with van der Waals surface area (Å²) >= 11 is 1.28. The number of nitrogens with one attached hydrogen (secondary N) is 1. The van der Waals surface area contributed by atoms with Gasteiger partial charge in [0, 0.05) is 6.54 Å². The van der Waals surface area contributed by atoms with Crippen LogP contribution in [0.15, 0.2) is 0 Å². The molecule has 0 fully saturated rings. The minimum atomic E-state index is 0.339. The van der Waals surface area contributed by atoms with Crippen molar-refractivity contribution < 1.29 is 4.18 Å². The second-order valence-corrected chi connectivity index (χ2v) is 3.92. The van der Waals surface area contributed by atoms with Crippen LogP contribution in [0.25, 0.3) is 0 Å². The molecule has 9 heavy (non-hydrogen) atoms. The molecule has 0 unspecified atom stereocenters. The van der Waals surface area contributed by atoms with Gasteiger partial charge in [-0.05, 0) is 5.41 Å². The van der Waals surface area contributed by atoms with E-state index in [0.717, 1.165) is 6.54 Å². The smallest absolute Gasteiger partial charge is 0.0786 e. The van der Waals surface area contributed by atoms with E-state index in [1.807, 2.05) is 0 Å². The van der Waals surface area contributed by atoms with Gasteiger partial charge in [0.15, 0.2) is 0 Å². The van der Waals surface area contributed by atoms with Crippen molar-refractivity contribution in [2.24, 2.45) is 5.41 Å². The maximum Gasteiger partial charge on any atom is 0.0786 e. The van der Waals surface area contributed by atoms with Gasteiger partial charge in [0.2, 0.25) is 0 Å². The lowest BCUT2D eigenvalue weighted by Crippen LogP contribution is -2.21. The molecule has 0 aliphatic carbocycles. The maximum atomic E-state index is 4.74. The van der Waals surface area contributed by atoms with Crippen molar-refractivity contribution in [2.45, 2.75) is 20.8 Å². The first kappa shape index (κ1) is 9.27. The van der Waals surface area contributed by atoms with Gasteiger partial charge in [-0.1, -0.05) is 20.8 Å². The fourth-order valence-corrected chi connectivity index (χ4v) is 0.915. The number of hydrogen-bond acceptors (Lipinski definition) is 3. The van der Waals surface area contributed by atoms with Crippen molar-refractivity contribution in [2.75, 3.05) is 13.7 Å². The highest BCUT2D eigenvalue weighted by Gasteiger charge is 2.08. The van der Waals surface area contributed by atoms with Crippen molar-refractivity contribution in [3.63, 3.8) is 0 Å². The number of hydrogen-bond donors (Lipinski definition) is 1. The standard InChI is InChI=1S/C6H15NOS/c1-6(2,3)5-7-9-8-4/h7H,5H2,1-4H3. The lowest BCUT2D eigenvalue weighted by atomic mass is 9.98. The van der Waals surface area contributed by atoms with Crippen molar-refractivity contribution in [1.29, 1.82) is 0 Å². The van der Waals surface area contributed by atoms with E-state index >= 15 is 0 Å². The van der Waals surface area contributed by atoms with Gasteiger partial charge in [-0.3, -0.25) is 0 Å². The lowest BCUT2D eigenvalue weighted by Gasteiger charge is -2.16. The van der Waals surface area contributed by atoms with Crippen molar-refractivity contribution in [1.82, 2.24) is 4.72 Å². The summed E-state index contributed by atoms with van der Waals surface area (Å²) in [4.78, 5) is 0. The quantitative estimate of drug-likeness (QED) is 0.376. The molecule has 0 bridgehead atoms. The van der Waals surface area contributed by atoms with Gasteiger partial charge in [-0.2, -0.15) is 0 Å². The van der Waals surface area contributed by atoms with Crippen LogP contribution in [0, 0.1) is 5.41 Å². The fraction of sp³-hybridized carbons (Fsp3) is 1.00. The van der Waals surface area contributed by atoms with Gasteiger partial charge in [0.05, 0.1) is 19.3 Å². The molecule has 2 nitrogen and oxygen atoms in total. The molecule has 0 saturated carbocycles. The molecular weight excluding hydrogens is 134 g/mol. The molecule has 3 heteroatoms. The molecule has 0 aromatic carbocycles. The molecule has 0 saturated heterocycles. The van der Waals surface area contributed by atoms with Crippen LogP contribution in [0.4, 0.5) is 0 Å². The van der Waals surface area contributed by atoms with Gasteiger partial charge in [0.25, 0.3) is 0 Å². The van der Waals surface area contributed by atoms with Crippen LogP contribution in [0.5, 0.6) is 0 Å². The van der Waals surface area contributed by atoms with Crippen LogP contribution in [0.1, 0.15) is 20.8 Å². The molecule has 56 valence electrons. The third-order valence-corrected chi connectivity index (χ3v) is 1.17. The van der Waals surface area contributed by atoms with Gasteiger partial charge in [0.1, 0.15) is 0 Å².